The number of para-hydroxylation sites is 1. The van der Waals surface area contributed by atoms with Gasteiger partial charge in [0.05, 0.1) is 11.3 Å². The summed E-state index contributed by atoms with van der Waals surface area (Å²) in [6.07, 6.45) is 0.608. The van der Waals surface area contributed by atoms with Crippen LogP contribution < -0.4 is 10.1 Å². The molecule has 35 heavy (non-hydrogen) atoms. The zero-order valence-corrected chi connectivity index (χ0v) is 20.5. The van der Waals surface area contributed by atoms with Crippen molar-refractivity contribution < 1.29 is 13.9 Å². The first-order chi connectivity index (χ1) is 16.9. The third-order valence-electron chi connectivity index (χ3n) is 6.02. The van der Waals surface area contributed by atoms with Crippen LogP contribution in [0.5, 0.6) is 11.6 Å². The van der Waals surface area contributed by atoms with Gasteiger partial charge >= 0.3 is 0 Å². The van der Waals surface area contributed by atoms with Crippen LogP contribution in [0.15, 0.2) is 65.7 Å². The predicted molar refractivity (Wildman–Crippen MR) is 137 cm³/mol. The maximum Gasteiger partial charge on any atom is 0.234 e. The normalized spacial score (nSPS) is 11.9. The van der Waals surface area contributed by atoms with E-state index in [0.717, 1.165) is 33.7 Å². The van der Waals surface area contributed by atoms with Crippen LogP contribution in [0.1, 0.15) is 27.8 Å². The van der Waals surface area contributed by atoms with Crippen LogP contribution in [-0.4, -0.2) is 21.6 Å². The number of hydrogen-bond acceptors (Lipinski definition) is 5. The summed E-state index contributed by atoms with van der Waals surface area (Å²) in [5.41, 5.74) is 6.66. The predicted octanol–water partition coefficient (Wildman–Crippen LogP) is 6.64. The Morgan fingerprint density at radius 3 is 2.57 bits per heavy atom. The Hall–Kier alpha value is -3.71. The van der Waals surface area contributed by atoms with Crippen molar-refractivity contribution in [3.05, 3.63) is 94.3 Å². The van der Waals surface area contributed by atoms with Gasteiger partial charge in [-0.3, -0.25) is 4.79 Å². The number of carbonyl (C=O) groups excluding carboxylic acids is 1. The molecule has 0 spiro atoms. The number of benzene rings is 3. The number of thioether (sulfide) groups is 1. The van der Waals surface area contributed by atoms with Gasteiger partial charge in [-0.1, -0.05) is 36.0 Å². The molecule has 4 aromatic rings. The van der Waals surface area contributed by atoms with Crippen molar-refractivity contribution in [1.29, 1.82) is 0 Å². The lowest BCUT2D eigenvalue weighted by atomic mass is 10.0. The first kappa shape index (κ1) is 23.1. The summed E-state index contributed by atoms with van der Waals surface area (Å²) in [6.45, 7) is 6.05. The van der Waals surface area contributed by atoms with E-state index in [9.17, 15) is 9.18 Å². The molecule has 7 heteroatoms. The number of nitrogens with zero attached hydrogens (tertiary/aromatic N) is 2. The van der Waals surface area contributed by atoms with Gasteiger partial charge in [0.2, 0.25) is 11.8 Å². The highest BCUT2D eigenvalue weighted by Gasteiger charge is 2.25. The zero-order chi connectivity index (χ0) is 24.5. The van der Waals surface area contributed by atoms with E-state index in [0.29, 0.717) is 28.7 Å². The van der Waals surface area contributed by atoms with Gasteiger partial charge in [0.1, 0.15) is 16.6 Å². The second-order valence-electron chi connectivity index (χ2n) is 8.62. The van der Waals surface area contributed by atoms with Crippen LogP contribution in [-0.2, 0) is 11.2 Å². The molecule has 1 aromatic heterocycles. The number of aryl methyl sites for hydroxylation is 3. The average molecular weight is 486 g/mol. The summed E-state index contributed by atoms with van der Waals surface area (Å²) in [5.74, 6) is 1.43. The average Bonchev–Trinajstić information content (AvgIpc) is 2.84. The summed E-state index contributed by atoms with van der Waals surface area (Å²) in [6, 6.07) is 17.9. The quantitative estimate of drug-likeness (QED) is 0.223. The summed E-state index contributed by atoms with van der Waals surface area (Å²) in [7, 11) is 0. The Kier molecular flexibility index (Phi) is 6.26. The monoisotopic (exact) mass is 485 g/mol. The Bertz CT molecular complexity index is 1440. The van der Waals surface area contributed by atoms with Crippen LogP contribution in [0.4, 0.5) is 10.1 Å². The molecule has 1 aliphatic rings. The summed E-state index contributed by atoms with van der Waals surface area (Å²) in [4.78, 5) is 22.1. The van der Waals surface area contributed by atoms with Crippen molar-refractivity contribution in [2.75, 3.05) is 11.1 Å². The molecule has 176 valence electrons. The van der Waals surface area contributed by atoms with Crippen molar-refractivity contribution in [1.82, 2.24) is 9.97 Å². The summed E-state index contributed by atoms with van der Waals surface area (Å²) in [5, 5.41) is 3.64. The Labute approximate surface area is 207 Å². The van der Waals surface area contributed by atoms with E-state index < -0.39 is 0 Å². The van der Waals surface area contributed by atoms with Crippen LogP contribution >= 0.6 is 11.8 Å². The van der Waals surface area contributed by atoms with Crippen molar-refractivity contribution in [3.8, 4) is 23.0 Å². The number of aromatic nitrogens is 2. The Balaban J connectivity index is 1.44. The third-order valence-corrected chi connectivity index (χ3v) is 7.04. The number of fused-ring (bicyclic) bond motifs is 2. The third kappa shape index (κ3) is 4.91. The van der Waals surface area contributed by atoms with Gasteiger partial charge < -0.3 is 10.1 Å². The largest absolute Gasteiger partial charge is 0.438 e. The molecule has 2 heterocycles. The van der Waals surface area contributed by atoms with Gasteiger partial charge in [0.25, 0.3) is 0 Å². The van der Waals surface area contributed by atoms with E-state index in [1.807, 2.05) is 57.2 Å². The van der Waals surface area contributed by atoms with Crippen molar-refractivity contribution >= 4 is 23.4 Å². The lowest BCUT2D eigenvalue weighted by Crippen LogP contribution is -2.15. The van der Waals surface area contributed by atoms with Gasteiger partial charge in [-0.05, 0) is 79.4 Å². The van der Waals surface area contributed by atoms with Crippen LogP contribution in [0, 0.1) is 26.6 Å². The minimum Gasteiger partial charge on any atom is -0.438 e. The SMILES string of the molecule is Cc1ccc(NC(=O)CSc2nc(-c3ccc(F)cc3)nc3c2Cc2cccc(C)c2O3)cc1C. The van der Waals surface area contributed by atoms with E-state index >= 15 is 0 Å². The molecule has 0 radical (unpaired) electrons. The smallest absolute Gasteiger partial charge is 0.234 e. The number of carbonyl (C=O) groups is 1. The minimum absolute atomic E-state index is 0.123. The minimum atomic E-state index is -0.329. The maximum atomic E-state index is 13.5. The number of anilines is 1. The molecule has 5 rings (SSSR count). The van der Waals surface area contributed by atoms with E-state index in [-0.39, 0.29) is 17.5 Å². The molecule has 0 aliphatic carbocycles. The molecule has 0 saturated heterocycles. The molecule has 0 fully saturated rings. The fourth-order valence-electron chi connectivity index (χ4n) is 3.96. The summed E-state index contributed by atoms with van der Waals surface area (Å²) < 4.78 is 19.7. The van der Waals surface area contributed by atoms with Gasteiger partial charge in [-0.2, -0.15) is 4.98 Å². The number of hydrogen-bond donors (Lipinski definition) is 1. The highest BCUT2D eigenvalue weighted by Crippen LogP contribution is 2.41. The van der Waals surface area contributed by atoms with Gasteiger partial charge in [-0.15, -0.1) is 0 Å². The second kappa shape index (κ2) is 9.50. The standard InChI is InChI=1S/C28H24FN3O2S/c1-16-7-12-22(13-18(16)3)30-24(33)15-35-28-23-14-20-6-4-5-17(2)25(20)34-27(23)31-26(32-28)19-8-10-21(29)11-9-19/h4-13H,14-15H2,1-3H3,(H,30,33). The van der Waals surface area contributed by atoms with Gasteiger partial charge in [0, 0.05) is 17.7 Å². The lowest BCUT2D eigenvalue weighted by Gasteiger charge is -2.23. The molecule has 3 aromatic carbocycles. The number of halogens is 1. The maximum absolute atomic E-state index is 13.5. The molecule has 1 aliphatic heterocycles. The molecule has 0 saturated carbocycles. The Morgan fingerprint density at radius 1 is 1.00 bits per heavy atom. The van der Waals surface area contributed by atoms with Crippen LogP contribution in [0.3, 0.4) is 0 Å². The first-order valence-corrected chi connectivity index (χ1v) is 12.3. The van der Waals surface area contributed by atoms with Crippen molar-refractivity contribution in [2.45, 2.75) is 32.2 Å². The number of nitrogens with one attached hydrogen (secondary N) is 1. The van der Waals surface area contributed by atoms with Gasteiger partial charge in [0.15, 0.2) is 5.82 Å². The molecular formula is C28H24FN3O2S. The first-order valence-electron chi connectivity index (χ1n) is 11.3. The molecule has 0 bridgehead atoms. The highest BCUT2D eigenvalue weighted by molar-refractivity contribution is 8.00. The van der Waals surface area contributed by atoms with E-state index in [1.165, 1.54) is 29.5 Å². The molecule has 1 N–H and O–H groups in total. The topological polar surface area (TPSA) is 64.1 Å². The molecular weight excluding hydrogens is 461 g/mol. The number of amides is 1. The van der Waals surface area contributed by atoms with Crippen LogP contribution in [0.2, 0.25) is 0 Å². The molecule has 5 nitrogen and oxygen atoms in total. The Morgan fingerprint density at radius 2 is 1.80 bits per heavy atom. The highest BCUT2D eigenvalue weighted by atomic mass is 32.2. The number of ether oxygens (including phenoxy) is 1. The summed E-state index contributed by atoms with van der Waals surface area (Å²) >= 11 is 1.34. The zero-order valence-electron chi connectivity index (χ0n) is 19.7. The fraction of sp³-hybridized carbons (Fsp3) is 0.179. The van der Waals surface area contributed by atoms with E-state index in [2.05, 4.69) is 10.3 Å². The molecule has 0 unspecified atom stereocenters. The second-order valence-corrected chi connectivity index (χ2v) is 9.58. The lowest BCUT2D eigenvalue weighted by molar-refractivity contribution is -0.113. The van der Waals surface area contributed by atoms with Crippen LogP contribution in [0.25, 0.3) is 11.4 Å². The van der Waals surface area contributed by atoms with E-state index in [4.69, 9.17) is 9.72 Å². The molecule has 1 amide bonds. The van der Waals surface area contributed by atoms with Crippen molar-refractivity contribution in [2.24, 2.45) is 0 Å². The van der Waals surface area contributed by atoms with E-state index in [1.54, 1.807) is 12.1 Å². The molecule has 0 atom stereocenters. The number of rotatable bonds is 5. The van der Waals surface area contributed by atoms with Gasteiger partial charge in [-0.25, -0.2) is 9.37 Å². The fourth-order valence-corrected chi connectivity index (χ4v) is 4.79. The van der Waals surface area contributed by atoms with Crippen molar-refractivity contribution in [3.63, 3.8) is 0 Å².